The van der Waals surface area contributed by atoms with E-state index >= 15 is 0 Å². The van der Waals surface area contributed by atoms with Gasteiger partial charge in [-0.2, -0.15) is 0 Å². The van der Waals surface area contributed by atoms with Crippen LogP contribution < -0.4 is 10.6 Å². The van der Waals surface area contributed by atoms with Gasteiger partial charge in [0, 0.05) is 32.2 Å². The molecule has 17 heavy (non-hydrogen) atoms. The molecule has 0 spiro atoms. The maximum atomic E-state index is 3.62. The first-order valence-electron chi connectivity index (χ1n) is 7.20. The first-order chi connectivity index (χ1) is 8.08. The predicted octanol–water partition coefficient (Wildman–Crippen LogP) is 1.31. The van der Waals surface area contributed by atoms with Gasteiger partial charge in [0.2, 0.25) is 0 Å². The average molecular weight is 239 g/mol. The van der Waals surface area contributed by atoms with Crippen LogP contribution in [0.4, 0.5) is 0 Å². The van der Waals surface area contributed by atoms with Gasteiger partial charge in [0.05, 0.1) is 0 Å². The van der Waals surface area contributed by atoms with Crippen molar-refractivity contribution in [2.24, 2.45) is 11.3 Å². The third-order valence-corrected chi connectivity index (χ3v) is 4.39. The second kappa shape index (κ2) is 5.68. The lowest BCUT2D eigenvalue weighted by Gasteiger charge is -2.32. The van der Waals surface area contributed by atoms with Gasteiger partial charge < -0.3 is 15.5 Å². The van der Waals surface area contributed by atoms with Crippen molar-refractivity contribution in [3.05, 3.63) is 0 Å². The molecule has 0 amide bonds. The Balaban J connectivity index is 1.58. The molecule has 0 radical (unpaired) electrons. The fraction of sp³-hybridized carbons (Fsp3) is 1.00. The Bertz CT molecular complexity index is 236. The zero-order valence-electron chi connectivity index (χ0n) is 11.8. The molecule has 3 heteroatoms. The Labute approximate surface area is 106 Å². The molecule has 1 aliphatic carbocycles. The van der Waals surface area contributed by atoms with Gasteiger partial charge in [-0.3, -0.25) is 0 Å². The first kappa shape index (κ1) is 13.3. The van der Waals surface area contributed by atoms with Crippen molar-refractivity contribution in [3.8, 4) is 0 Å². The van der Waals surface area contributed by atoms with Crippen LogP contribution in [-0.4, -0.2) is 50.7 Å². The second-order valence-corrected chi connectivity index (χ2v) is 6.64. The second-order valence-electron chi connectivity index (χ2n) is 6.64. The van der Waals surface area contributed by atoms with Gasteiger partial charge in [-0.25, -0.2) is 0 Å². The van der Waals surface area contributed by atoms with E-state index in [1.165, 1.54) is 32.4 Å². The van der Waals surface area contributed by atoms with E-state index in [1.807, 2.05) is 0 Å². The molecule has 100 valence electrons. The smallest absolute Gasteiger partial charge is 0.00793 e. The fourth-order valence-corrected chi connectivity index (χ4v) is 2.78. The van der Waals surface area contributed by atoms with Crippen molar-refractivity contribution >= 4 is 0 Å². The van der Waals surface area contributed by atoms with Crippen LogP contribution in [-0.2, 0) is 0 Å². The third kappa shape index (κ3) is 4.23. The fourth-order valence-electron chi connectivity index (χ4n) is 2.78. The van der Waals surface area contributed by atoms with E-state index in [9.17, 15) is 0 Å². The molecule has 1 saturated carbocycles. The molecule has 3 nitrogen and oxygen atoms in total. The van der Waals surface area contributed by atoms with Gasteiger partial charge in [0.15, 0.2) is 0 Å². The third-order valence-electron chi connectivity index (χ3n) is 4.39. The molecular formula is C14H29N3. The zero-order chi connectivity index (χ0) is 12.3. The summed E-state index contributed by atoms with van der Waals surface area (Å²) in [6.07, 6.45) is 4.14. The van der Waals surface area contributed by atoms with E-state index in [1.54, 1.807) is 0 Å². The molecule has 0 aromatic rings. The van der Waals surface area contributed by atoms with Crippen LogP contribution in [0, 0.1) is 11.3 Å². The van der Waals surface area contributed by atoms with Gasteiger partial charge in [-0.1, -0.05) is 13.8 Å². The zero-order valence-corrected chi connectivity index (χ0v) is 11.8. The maximum absolute atomic E-state index is 3.62. The quantitative estimate of drug-likeness (QED) is 0.656. The average Bonchev–Trinajstić information content (AvgIpc) is 2.98. The maximum Gasteiger partial charge on any atom is 0.00793 e. The molecule has 0 aromatic carbocycles. The standard InChI is InChI=1S/C14H29N3/c1-14(2,12-6-9-17(3)10-12)11-15-7-8-16-13-4-5-13/h12-13,15-16H,4-11H2,1-3H3. The molecule has 2 aliphatic rings. The Morgan fingerprint density at radius 3 is 2.53 bits per heavy atom. The molecule has 0 aromatic heterocycles. The molecule has 0 bridgehead atoms. The highest BCUT2D eigenvalue weighted by Crippen LogP contribution is 2.33. The first-order valence-corrected chi connectivity index (χ1v) is 7.20. The minimum atomic E-state index is 0.435. The van der Waals surface area contributed by atoms with Crippen LogP contribution in [0.3, 0.4) is 0 Å². The number of nitrogens with zero attached hydrogens (tertiary/aromatic N) is 1. The van der Waals surface area contributed by atoms with E-state index in [4.69, 9.17) is 0 Å². The topological polar surface area (TPSA) is 27.3 Å². The minimum absolute atomic E-state index is 0.435. The summed E-state index contributed by atoms with van der Waals surface area (Å²) >= 11 is 0. The molecule has 1 unspecified atom stereocenters. The van der Waals surface area contributed by atoms with Crippen LogP contribution in [0.5, 0.6) is 0 Å². The van der Waals surface area contributed by atoms with Crippen molar-refractivity contribution in [2.45, 2.75) is 39.2 Å². The lowest BCUT2D eigenvalue weighted by molar-refractivity contribution is 0.207. The van der Waals surface area contributed by atoms with Gasteiger partial charge in [0.25, 0.3) is 0 Å². The highest BCUT2D eigenvalue weighted by atomic mass is 15.1. The predicted molar refractivity (Wildman–Crippen MR) is 73.3 cm³/mol. The molecule has 1 atom stereocenters. The highest BCUT2D eigenvalue weighted by Gasteiger charge is 2.33. The molecule has 1 heterocycles. The van der Waals surface area contributed by atoms with E-state index in [-0.39, 0.29) is 0 Å². The van der Waals surface area contributed by atoms with Crippen molar-refractivity contribution in [1.29, 1.82) is 0 Å². The Morgan fingerprint density at radius 2 is 1.94 bits per heavy atom. The van der Waals surface area contributed by atoms with E-state index in [2.05, 4.69) is 36.4 Å². The number of hydrogen-bond donors (Lipinski definition) is 2. The van der Waals surface area contributed by atoms with Gasteiger partial charge in [-0.05, 0) is 44.2 Å². The molecule has 1 saturated heterocycles. The lowest BCUT2D eigenvalue weighted by Crippen LogP contribution is -2.39. The summed E-state index contributed by atoms with van der Waals surface area (Å²) in [5.41, 5.74) is 0.435. The highest BCUT2D eigenvalue weighted by molar-refractivity contribution is 4.87. The number of hydrogen-bond acceptors (Lipinski definition) is 3. The Morgan fingerprint density at radius 1 is 1.18 bits per heavy atom. The molecule has 1 aliphatic heterocycles. The van der Waals surface area contributed by atoms with Crippen LogP contribution in [0.1, 0.15) is 33.1 Å². The normalized spacial score (nSPS) is 26.6. The monoisotopic (exact) mass is 239 g/mol. The Kier molecular flexibility index (Phi) is 4.45. The number of likely N-dealkylation sites (tertiary alicyclic amines) is 1. The summed E-state index contributed by atoms with van der Waals surface area (Å²) in [5, 5.41) is 7.17. The molecule has 2 rings (SSSR count). The molecular weight excluding hydrogens is 210 g/mol. The summed E-state index contributed by atoms with van der Waals surface area (Å²) in [5.74, 6) is 0.858. The van der Waals surface area contributed by atoms with Crippen molar-refractivity contribution in [3.63, 3.8) is 0 Å². The van der Waals surface area contributed by atoms with E-state index in [0.29, 0.717) is 5.41 Å². The van der Waals surface area contributed by atoms with Crippen LogP contribution >= 0.6 is 0 Å². The Hall–Kier alpha value is -0.120. The van der Waals surface area contributed by atoms with Gasteiger partial charge >= 0.3 is 0 Å². The van der Waals surface area contributed by atoms with Crippen molar-refractivity contribution in [1.82, 2.24) is 15.5 Å². The van der Waals surface area contributed by atoms with Gasteiger partial charge in [-0.15, -0.1) is 0 Å². The van der Waals surface area contributed by atoms with Crippen LogP contribution in [0.25, 0.3) is 0 Å². The lowest BCUT2D eigenvalue weighted by atomic mass is 9.78. The van der Waals surface area contributed by atoms with E-state index in [0.717, 1.165) is 31.6 Å². The van der Waals surface area contributed by atoms with Crippen LogP contribution in [0.15, 0.2) is 0 Å². The largest absolute Gasteiger partial charge is 0.315 e. The van der Waals surface area contributed by atoms with Crippen LogP contribution in [0.2, 0.25) is 0 Å². The summed E-state index contributed by atoms with van der Waals surface area (Å²) < 4.78 is 0. The minimum Gasteiger partial charge on any atom is -0.315 e. The molecule has 2 N–H and O–H groups in total. The summed E-state index contributed by atoms with van der Waals surface area (Å²) in [6.45, 7) is 10.8. The van der Waals surface area contributed by atoms with Gasteiger partial charge in [0.1, 0.15) is 0 Å². The van der Waals surface area contributed by atoms with E-state index < -0.39 is 0 Å². The van der Waals surface area contributed by atoms with Crippen molar-refractivity contribution in [2.75, 3.05) is 39.8 Å². The van der Waals surface area contributed by atoms with Crippen molar-refractivity contribution < 1.29 is 0 Å². The summed E-state index contributed by atoms with van der Waals surface area (Å²) in [4.78, 5) is 2.46. The SMILES string of the molecule is CN1CCC(C(C)(C)CNCCNC2CC2)C1. The summed E-state index contributed by atoms with van der Waals surface area (Å²) in [6, 6.07) is 0.841. The molecule has 2 fully saturated rings. The summed E-state index contributed by atoms with van der Waals surface area (Å²) in [7, 11) is 2.24. The number of nitrogens with one attached hydrogen (secondary N) is 2. The number of rotatable bonds is 7.